The molecule has 3 heteroatoms. The van der Waals surface area contributed by atoms with Gasteiger partial charge in [0, 0.05) is 17.8 Å². The molecule has 0 heterocycles. The Morgan fingerprint density at radius 1 is 1.25 bits per heavy atom. The molecule has 1 aliphatic carbocycles. The minimum Gasteiger partial charge on any atom is -0.494 e. The number of unbranched alkanes of at least 4 members (excludes halogenated alkanes) is 1. The van der Waals surface area contributed by atoms with Crippen LogP contribution in [0.15, 0.2) is 24.3 Å². The summed E-state index contributed by atoms with van der Waals surface area (Å²) in [5.41, 5.74) is 1.34. The van der Waals surface area contributed by atoms with Crippen LogP contribution in [0.1, 0.15) is 44.6 Å². The molecule has 0 aliphatic heterocycles. The highest BCUT2D eigenvalue weighted by molar-refractivity contribution is 8.00. The van der Waals surface area contributed by atoms with Crippen LogP contribution in [-0.4, -0.2) is 24.2 Å². The van der Waals surface area contributed by atoms with Crippen LogP contribution in [0.3, 0.4) is 0 Å². The van der Waals surface area contributed by atoms with E-state index in [0.29, 0.717) is 4.75 Å². The van der Waals surface area contributed by atoms with Gasteiger partial charge in [-0.15, -0.1) is 0 Å². The van der Waals surface area contributed by atoms with Gasteiger partial charge >= 0.3 is 0 Å². The van der Waals surface area contributed by atoms with E-state index in [1.165, 1.54) is 31.2 Å². The van der Waals surface area contributed by atoms with Crippen molar-refractivity contribution in [2.24, 2.45) is 0 Å². The highest BCUT2D eigenvalue weighted by atomic mass is 32.2. The molecule has 0 aromatic heterocycles. The molecule has 0 spiro atoms. The number of nitrogens with one attached hydrogen (secondary N) is 1. The van der Waals surface area contributed by atoms with Crippen LogP contribution in [0.2, 0.25) is 0 Å². The van der Waals surface area contributed by atoms with Crippen LogP contribution in [0.5, 0.6) is 5.75 Å². The van der Waals surface area contributed by atoms with E-state index in [-0.39, 0.29) is 0 Å². The van der Waals surface area contributed by atoms with Crippen molar-refractivity contribution in [3.8, 4) is 5.75 Å². The zero-order valence-electron chi connectivity index (χ0n) is 12.8. The monoisotopic (exact) mass is 293 g/mol. The quantitative estimate of drug-likeness (QED) is 0.688. The second kappa shape index (κ2) is 7.94. The molecule has 1 N–H and O–H groups in total. The molecule has 0 bridgehead atoms. The van der Waals surface area contributed by atoms with E-state index in [2.05, 4.69) is 42.8 Å². The predicted molar refractivity (Wildman–Crippen MR) is 88.6 cm³/mol. The van der Waals surface area contributed by atoms with Crippen molar-refractivity contribution in [3.05, 3.63) is 29.8 Å². The second-order valence-corrected chi connectivity index (χ2v) is 6.96. The lowest BCUT2D eigenvalue weighted by atomic mass is 9.84. The van der Waals surface area contributed by atoms with E-state index in [0.717, 1.165) is 31.9 Å². The molecule has 1 aliphatic rings. The number of hydrogen-bond donors (Lipinski definition) is 1. The summed E-state index contributed by atoms with van der Waals surface area (Å²) >= 11 is 2.03. The Balaban J connectivity index is 1.70. The van der Waals surface area contributed by atoms with Gasteiger partial charge in [0.1, 0.15) is 5.75 Å². The van der Waals surface area contributed by atoms with Gasteiger partial charge in [0.15, 0.2) is 0 Å². The van der Waals surface area contributed by atoms with Gasteiger partial charge in [0.05, 0.1) is 6.61 Å². The van der Waals surface area contributed by atoms with Crippen molar-refractivity contribution in [3.63, 3.8) is 0 Å². The highest BCUT2D eigenvalue weighted by Gasteiger charge is 2.35. The van der Waals surface area contributed by atoms with Crippen LogP contribution >= 0.6 is 11.8 Å². The van der Waals surface area contributed by atoms with Crippen molar-refractivity contribution in [1.29, 1.82) is 0 Å². The summed E-state index contributed by atoms with van der Waals surface area (Å²) in [5.74, 6) is 0.988. The van der Waals surface area contributed by atoms with Crippen molar-refractivity contribution < 1.29 is 4.74 Å². The summed E-state index contributed by atoms with van der Waals surface area (Å²) in [6.07, 6.45) is 8.67. The molecule has 1 saturated carbocycles. The van der Waals surface area contributed by atoms with Gasteiger partial charge in [-0.05, 0) is 43.2 Å². The minimum atomic E-state index is 0.517. The molecule has 20 heavy (non-hydrogen) atoms. The Kier molecular flexibility index (Phi) is 6.24. The third-order valence-electron chi connectivity index (χ3n) is 4.16. The zero-order valence-corrected chi connectivity index (χ0v) is 13.6. The molecular weight excluding hydrogens is 266 g/mol. The van der Waals surface area contributed by atoms with Crippen LogP contribution in [-0.2, 0) is 6.54 Å². The van der Waals surface area contributed by atoms with Gasteiger partial charge in [-0.3, -0.25) is 0 Å². The van der Waals surface area contributed by atoms with E-state index in [1.807, 2.05) is 11.8 Å². The van der Waals surface area contributed by atoms with Gasteiger partial charge in [-0.25, -0.2) is 0 Å². The average Bonchev–Trinajstić information content (AvgIpc) is 2.44. The van der Waals surface area contributed by atoms with Crippen molar-refractivity contribution in [1.82, 2.24) is 5.32 Å². The second-order valence-electron chi connectivity index (χ2n) is 5.69. The number of thioether (sulfide) groups is 1. The first kappa shape index (κ1) is 15.7. The number of ether oxygens (including phenoxy) is 1. The molecule has 2 nitrogen and oxygen atoms in total. The molecule has 2 rings (SSSR count). The van der Waals surface area contributed by atoms with Crippen molar-refractivity contribution in [2.75, 3.05) is 19.4 Å². The van der Waals surface area contributed by atoms with Crippen molar-refractivity contribution in [2.45, 2.75) is 50.3 Å². The Morgan fingerprint density at radius 3 is 2.55 bits per heavy atom. The first-order valence-corrected chi connectivity index (χ1v) is 8.98. The number of rotatable bonds is 9. The Bertz CT molecular complexity index is 381. The lowest BCUT2D eigenvalue weighted by molar-refractivity contribution is 0.309. The SMILES string of the molecule is CCCCOc1ccc(CNCC2(SC)CCC2)cc1. The van der Waals surface area contributed by atoms with Gasteiger partial charge in [-0.2, -0.15) is 11.8 Å². The third-order valence-corrected chi connectivity index (χ3v) is 5.58. The fourth-order valence-electron chi connectivity index (χ4n) is 2.50. The summed E-state index contributed by atoms with van der Waals surface area (Å²) in [5, 5.41) is 3.61. The van der Waals surface area contributed by atoms with Crippen LogP contribution in [0, 0.1) is 0 Å². The number of benzene rings is 1. The predicted octanol–water partition coefficient (Wildman–Crippen LogP) is 4.24. The molecule has 0 saturated heterocycles. The van der Waals surface area contributed by atoms with Crippen LogP contribution in [0.25, 0.3) is 0 Å². The third kappa shape index (κ3) is 4.42. The van der Waals surface area contributed by atoms with Crippen molar-refractivity contribution >= 4 is 11.8 Å². The summed E-state index contributed by atoms with van der Waals surface area (Å²) in [4.78, 5) is 0. The largest absolute Gasteiger partial charge is 0.494 e. The average molecular weight is 293 g/mol. The van der Waals surface area contributed by atoms with Gasteiger partial charge in [0.25, 0.3) is 0 Å². The summed E-state index contributed by atoms with van der Waals surface area (Å²) < 4.78 is 6.20. The highest BCUT2D eigenvalue weighted by Crippen LogP contribution is 2.42. The number of hydrogen-bond acceptors (Lipinski definition) is 3. The molecule has 0 amide bonds. The molecular formula is C17H27NOS. The maximum atomic E-state index is 5.68. The summed E-state index contributed by atoms with van der Waals surface area (Å²) in [7, 11) is 0. The molecule has 0 radical (unpaired) electrons. The Morgan fingerprint density at radius 2 is 2.00 bits per heavy atom. The fourth-order valence-corrected chi connectivity index (χ4v) is 3.44. The lowest BCUT2D eigenvalue weighted by Crippen LogP contribution is -2.43. The maximum absolute atomic E-state index is 5.68. The summed E-state index contributed by atoms with van der Waals surface area (Å²) in [6.45, 7) is 5.09. The smallest absolute Gasteiger partial charge is 0.119 e. The maximum Gasteiger partial charge on any atom is 0.119 e. The molecule has 0 unspecified atom stereocenters. The fraction of sp³-hybridized carbons (Fsp3) is 0.647. The lowest BCUT2D eigenvalue weighted by Gasteiger charge is -2.40. The van der Waals surface area contributed by atoms with E-state index < -0.39 is 0 Å². The van der Waals surface area contributed by atoms with E-state index in [1.54, 1.807) is 0 Å². The topological polar surface area (TPSA) is 21.3 Å². The van der Waals surface area contributed by atoms with Gasteiger partial charge in [-0.1, -0.05) is 31.9 Å². The molecule has 1 aromatic rings. The van der Waals surface area contributed by atoms with Gasteiger partial charge in [0.2, 0.25) is 0 Å². The molecule has 1 aromatic carbocycles. The molecule has 1 fully saturated rings. The zero-order chi connectivity index (χ0) is 14.3. The molecule has 112 valence electrons. The minimum absolute atomic E-state index is 0.517. The Labute approximate surface area is 127 Å². The Hall–Kier alpha value is -0.670. The normalized spacial score (nSPS) is 16.7. The van der Waals surface area contributed by atoms with Crippen LogP contribution < -0.4 is 10.1 Å². The first-order valence-electron chi connectivity index (χ1n) is 7.75. The van der Waals surface area contributed by atoms with E-state index in [9.17, 15) is 0 Å². The standard InChI is InChI=1S/C17H27NOS/c1-3-4-12-19-16-8-6-15(7-9-16)13-18-14-17(20-2)10-5-11-17/h6-9,18H,3-5,10-14H2,1-2H3. The van der Waals surface area contributed by atoms with Crippen LogP contribution in [0.4, 0.5) is 0 Å². The molecule has 0 atom stereocenters. The van der Waals surface area contributed by atoms with Gasteiger partial charge < -0.3 is 10.1 Å². The first-order chi connectivity index (χ1) is 9.78. The van der Waals surface area contributed by atoms with E-state index in [4.69, 9.17) is 4.74 Å². The summed E-state index contributed by atoms with van der Waals surface area (Å²) in [6, 6.07) is 8.50. The van der Waals surface area contributed by atoms with E-state index >= 15 is 0 Å².